The van der Waals surface area contributed by atoms with Gasteiger partial charge < -0.3 is 0 Å². The minimum atomic E-state index is 0.676. The highest BCUT2D eigenvalue weighted by Crippen LogP contribution is 2.27. The number of nitrogens with zero attached hydrogens (tertiary/aromatic N) is 3. The van der Waals surface area contributed by atoms with E-state index in [0.717, 1.165) is 30.0 Å². The van der Waals surface area contributed by atoms with Gasteiger partial charge in [0.1, 0.15) is 0 Å². The van der Waals surface area contributed by atoms with E-state index in [-0.39, 0.29) is 0 Å². The first kappa shape index (κ1) is 13.1. The third-order valence-electron chi connectivity index (χ3n) is 3.81. The normalized spacial score (nSPS) is 25.6. The van der Waals surface area contributed by atoms with Crippen LogP contribution >= 0.6 is 15.9 Å². The van der Waals surface area contributed by atoms with Crippen molar-refractivity contribution >= 4 is 15.9 Å². The maximum Gasteiger partial charge on any atom is 0.0597 e. The zero-order chi connectivity index (χ0) is 12.4. The van der Waals surface area contributed by atoms with Crippen LogP contribution in [-0.2, 0) is 13.1 Å². The summed E-state index contributed by atoms with van der Waals surface area (Å²) in [6.45, 7) is 9.80. The van der Waals surface area contributed by atoms with Gasteiger partial charge in [0, 0.05) is 24.5 Å². The summed E-state index contributed by atoms with van der Waals surface area (Å²) in [6, 6.07) is 2.90. The Morgan fingerprint density at radius 2 is 2.29 bits per heavy atom. The van der Waals surface area contributed by atoms with Gasteiger partial charge in [-0.2, -0.15) is 5.10 Å². The highest BCUT2D eigenvalue weighted by Gasteiger charge is 2.30. The van der Waals surface area contributed by atoms with E-state index in [1.807, 2.05) is 0 Å². The molecule has 1 aliphatic heterocycles. The van der Waals surface area contributed by atoms with E-state index in [0.29, 0.717) is 6.04 Å². The summed E-state index contributed by atoms with van der Waals surface area (Å²) in [7, 11) is 0. The summed E-state index contributed by atoms with van der Waals surface area (Å²) >= 11 is 3.65. The molecule has 1 aliphatic rings. The molecule has 2 heterocycles. The molecule has 3 nitrogen and oxygen atoms in total. The molecule has 1 fully saturated rings. The number of alkyl halides is 1. The summed E-state index contributed by atoms with van der Waals surface area (Å²) in [5, 5.41) is 5.60. The van der Waals surface area contributed by atoms with E-state index in [1.165, 1.54) is 18.7 Å². The summed E-state index contributed by atoms with van der Waals surface area (Å²) < 4.78 is 2.13. The van der Waals surface area contributed by atoms with Crippen molar-refractivity contribution < 1.29 is 0 Å². The average molecular weight is 300 g/mol. The zero-order valence-electron chi connectivity index (χ0n) is 11.0. The lowest BCUT2D eigenvalue weighted by molar-refractivity contribution is 0.237. The van der Waals surface area contributed by atoms with Crippen LogP contribution < -0.4 is 0 Å². The number of hydrogen-bond acceptors (Lipinski definition) is 2. The fourth-order valence-corrected chi connectivity index (χ4v) is 3.79. The Labute approximate surface area is 112 Å². The summed E-state index contributed by atoms with van der Waals surface area (Å²) in [5.41, 5.74) is 2.48. The molecular formula is C13H22BrN3. The van der Waals surface area contributed by atoms with Gasteiger partial charge in [-0.1, -0.05) is 22.9 Å². The van der Waals surface area contributed by atoms with Crippen LogP contribution in [0.5, 0.6) is 0 Å². The Hall–Kier alpha value is -0.350. The van der Waals surface area contributed by atoms with Crippen LogP contribution in [0.2, 0.25) is 0 Å². The highest BCUT2D eigenvalue weighted by atomic mass is 79.9. The topological polar surface area (TPSA) is 21.1 Å². The van der Waals surface area contributed by atoms with Crippen molar-refractivity contribution in [2.24, 2.45) is 5.92 Å². The largest absolute Gasteiger partial charge is 0.293 e. The molecule has 0 spiro atoms. The highest BCUT2D eigenvalue weighted by molar-refractivity contribution is 9.09. The van der Waals surface area contributed by atoms with Crippen LogP contribution in [0.25, 0.3) is 0 Å². The van der Waals surface area contributed by atoms with Gasteiger partial charge >= 0.3 is 0 Å². The molecule has 1 aromatic rings. The molecular weight excluding hydrogens is 278 g/mol. The quantitative estimate of drug-likeness (QED) is 0.797. The number of halogens is 1. The van der Waals surface area contributed by atoms with Crippen LogP contribution in [0.1, 0.15) is 31.7 Å². The number of rotatable bonds is 4. The molecule has 17 heavy (non-hydrogen) atoms. The fraction of sp³-hybridized carbons (Fsp3) is 0.769. The number of likely N-dealkylation sites (tertiary alicyclic amines) is 1. The first-order valence-corrected chi connectivity index (χ1v) is 7.61. The Bertz CT molecular complexity index is 375. The van der Waals surface area contributed by atoms with Crippen LogP contribution in [-0.4, -0.2) is 32.6 Å². The second-order valence-corrected chi connectivity index (χ2v) is 5.70. The van der Waals surface area contributed by atoms with E-state index >= 15 is 0 Å². The molecule has 0 aromatic carbocycles. The lowest BCUT2D eigenvalue weighted by atomic mass is 10.1. The summed E-state index contributed by atoms with van der Waals surface area (Å²) in [4.78, 5) is 2.59. The van der Waals surface area contributed by atoms with Crippen molar-refractivity contribution in [2.75, 3.05) is 11.9 Å². The Kier molecular flexibility index (Phi) is 4.26. The van der Waals surface area contributed by atoms with Gasteiger partial charge in [0.05, 0.1) is 11.4 Å². The predicted octanol–water partition coefficient (Wildman–Crippen LogP) is 2.82. The van der Waals surface area contributed by atoms with E-state index in [1.54, 1.807) is 0 Å². The molecule has 2 atom stereocenters. The molecule has 0 bridgehead atoms. The van der Waals surface area contributed by atoms with E-state index < -0.39 is 0 Å². The molecule has 0 saturated carbocycles. The minimum absolute atomic E-state index is 0.676. The standard InChI is InChI=1S/C13H22BrN3/c1-4-17-12(7-11(3)15-17)9-16-6-5-10(2)13(16)8-14/h7,10,13H,4-6,8-9H2,1-3H3. The Balaban J connectivity index is 2.09. The lowest BCUT2D eigenvalue weighted by Crippen LogP contribution is -2.33. The Morgan fingerprint density at radius 1 is 1.53 bits per heavy atom. The molecule has 4 heteroatoms. The third kappa shape index (κ3) is 2.74. The monoisotopic (exact) mass is 299 g/mol. The fourth-order valence-electron chi connectivity index (χ4n) is 2.74. The van der Waals surface area contributed by atoms with Crippen molar-refractivity contribution in [1.29, 1.82) is 0 Å². The molecule has 2 unspecified atom stereocenters. The van der Waals surface area contributed by atoms with Crippen LogP contribution in [0.4, 0.5) is 0 Å². The molecule has 0 N–H and O–H groups in total. The minimum Gasteiger partial charge on any atom is -0.293 e. The molecule has 0 radical (unpaired) electrons. The molecule has 2 rings (SSSR count). The van der Waals surface area contributed by atoms with Crippen LogP contribution in [0.3, 0.4) is 0 Å². The second kappa shape index (κ2) is 5.53. The second-order valence-electron chi connectivity index (χ2n) is 5.05. The van der Waals surface area contributed by atoms with Gasteiger partial charge in [-0.15, -0.1) is 0 Å². The maximum absolute atomic E-state index is 4.52. The summed E-state index contributed by atoms with van der Waals surface area (Å²) in [5.74, 6) is 0.800. The molecule has 0 aliphatic carbocycles. The van der Waals surface area contributed by atoms with Gasteiger partial charge in [-0.25, -0.2) is 0 Å². The van der Waals surface area contributed by atoms with Crippen molar-refractivity contribution in [2.45, 2.75) is 46.3 Å². The maximum atomic E-state index is 4.52. The van der Waals surface area contributed by atoms with Gasteiger partial charge in [0.25, 0.3) is 0 Å². The smallest absolute Gasteiger partial charge is 0.0597 e. The van der Waals surface area contributed by atoms with Crippen LogP contribution in [0, 0.1) is 12.8 Å². The molecule has 96 valence electrons. The first-order valence-electron chi connectivity index (χ1n) is 6.49. The number of aromatic nitrogens is 2. The van der Waals surface area contributed by atoms with Crippen molar-refractivity contribution in [1.82, 2.24) is 14.7 Å². The van der Waals surface area contributed by atoms with Gasteiger partial charge in [-0.3, -0.25) is 9.58 Å². The van der Waals surface area contributed by atoms with E-state index in [4.69, 9.17) is 0 Å². The van der Waals surface area contributed by atoms with Crippen LogP contribution in [0.15, 0.2) is 6.07 Å². The van der Waals surface area contributed by atoms with Gasteiger partial charge in [-0.05, 0) is 38.8 Å². The predicted molar refractivity (Wildman–Crippen MR) is 74.4 cm³/mol. The molecule has 1 aromatic heterocycles. The molecule has 0 amide bonds. The third-order valence-corrected chi connectivity index (χ3v) is 4.47. The molecule has 1 saturated heterocycles. The Morgan fingerprint density at radius 3 is 2.94 bits per heavy atom. The van der Waals surface area contributed by atoms with E-state index in [9.17, 15) is 0 Å². The number of aryl methyl sites for hydroxylation is 2. The first-order chi connectivity index (χ1) is 8.15. The summed E-state index contributed by atoms with van der Waals surface area (Å²) in [6.07, 6.45) is 1.31. The van der Waals surface area contributed by atoms with Gasteiger partial charge in [0.15, 0.2) is 0 Å². The van der Waals surface area contributed by atoms with Gasteiger partial charge in [0.2, 0.25) is 0 Å². The van der Waals surface area contributed by atoms with Crippen molar-refractivity contribution in [3.63, 3.8) is 0 Å². The number of hydrogen-bond donors (Lipinski definition) is 0. The average Bonchev–Trinajstić information content (AvgIpc) is 2.83. The lowest BCUT2D eigenvalue weighted by Gasteiger charge is -2.25. The van der Waals surface area contributed by atoms with E-state index in [2.05, 4.69) is 57.4 Å². The van der Waals surface area contributed by atoms with Crippen molar-refractivity contribution in [3.05, 3.63) is 17.5 Å². The zero-order valence-corrected chi connectivity index (χ0v) is 12.6. The van der Waals surface area contributed by atoms with Crippen molar-refractivity contribution in [3.8, 4) is 0 Å². The SMILES string of the molecule is CCn1nc(C)cc1CN1CCC(C)C1CBr.